The topological polar surface area (TPSA) is 18.5 Å². The third-order valence-electron chi connectivity index (χ3n) is 4.65. The third-order valence-corrected chi connectivity index (χ3v) is 4.65. The lowest BCUT2D eigenvalue weighted by Crippen LogP contribution is -2.49. The highest BCUT2D eigenvalue weighted by atomic mass is 15.2. The molecule has 2 atom stereocenters. The van der Waals surface area contributed by atoms with Crippen LogP contribution < -0.4 is 5.32 Å². The summed E-state index contributed by atoms with van der Waals surface area (Å²) in [6.45, 7) is 12.2. The molecule has 0 spiro atoms. The maximum atomic E-state index is 3.38. The quantitative estimate of drug-likeness (QED) is 0.753. The largest absolute Gasteiger partial charge is 0.316 e. The molecule has 2 aliphatic heterocycles. The Kier molecular flexibility index (Phi) is 4.83. The third kappa shape index (κ3) is 3.43. The smallest absolute Gasteiger partial charge is 0.0223 e. The van der Waals surface area contributed by atoms with Crippen LogP contribution in [0.15, 0.2) is 0 Å². The van der Waals surface area contributed by atoms with Crippen molar-refractivity contribution in [3.05, 3.63) is 0 Å². The Morgan fingerprint density at radius 2 is 2.18 bits per heavy atom. The van der Waals surface area contributed by atoms with E-state index in [2.05, 4.69) is 36.0 Å². The molecule has 100 valence electrons. The molecule has 17 heavy (non-hydrogen) atoms. The number of nitrogens with one attached hydrogen (secondary N) is 1. The van der Waals surface area contributed by atoms with Gasteiger partial charge >= 0.3 is 0 Å². The van der Waals surface area contributed by atoms with Crippen molar-refractivity contribution < 1.29 is 0 Å². The fourth-order valence-electron chi connectivity index (χ4n) is 3.31. The molecule has 2 rings (SSSR count). The highest BCUT2D eigenvalue weighted by molar-refractivity contribution is 4.84. The Hall–Kier alpha value is -0.120. The van der Waals surface area contributed by atoms with E-state index in [-0.39, 0.29) is 0 Å². The van der Waals surface area contributed by atoms with Crippen LogP contribution >= 0.6 is 0 Å². The number of nitrogens with zero attached hydrogens (tertiary/aromatic N) is 2. The standard InChI is InChI=1S/C14H29N3/c1-4-17-7-5-6-14(17)11-16(3)10-12(2)13-8-15-9-13/h12-15H,4-11H2,1-3H3. The Balaban J connectivity index is 1.70. The van der Waals surface area contributed by atoms with Crippen molar-refractivity contribution in [1.29, 1.82) is 0 Å². The molecule has 0 aromatic heterocycles. The number of rotatable bonds is 6. The second-order valence-corrected chi connectivity index (χ2v) is 6.04. The molecular weight excluding hydrogens is 210 g/mol. The van der Waals surface area contributed by atoms with Gasteiger partial charge in [0.1, 0.15) is 0 Å². The Morgan fingerprint density at radius 3 is 2.76 bits per heavy atom. The first-order chi connectivity index (χ1) is 8.20. The van der Waals surface area contributed by atoms with E-state index in [4.69, 9.17) is 0 Å². The van der Waals surface area contributed by atoms with E-state index >= 15 is 0 Å². The zero-order chi connectivity index (χ0) is 12.3. The lowest BCUT2D eigenvalue weighted by molar-refractivity contribution is 0.151. The molecule has 0 amide bonds. The fraction of sp³-hybridized carbons (Fsp3) is 1.00. The second-order valence-electron chi connectivity index (χ2n) is 6.04. The molecule has 2 saturated heterocycles. The van der Waals surface area contributed by atoms with Gasteiger partial charge in [0.15, 0.2) is 0 Å². The van der Waals surface area contributed by atoms with Crippen molar-refractivity contribution in [1.82, 2.24) is 15.1 Å². The summed E-state index contributed by atoms with van der Waals surface area (Å²) in [5.41, 5.74) is 0. The van der Waals surface area contributed by atoms with Gasteiger partial charge in [-0.05, 0) is 57.9 Å². The summed E-state index contributed by atoms with van der Waals surface area (Å²) in [7, 11) is 2.30. The molecule has 0 saturated carbocycles. The van der Waals surface area contributed by atoms with Crippen LogP contribution in [0.2, 0.25) is 0 Å². The van der Waals surface area contributed by atoms with Gasteiger partial charge in [0, 0.05) is 19.1 Å². The lowest BCUT2D eigenvalue weighted by atomic mass is 9.88. The zero-order valence-corrected chi connectivity index (χ0v) is 11.8. The molecule has 2 aliphatic rings. The zero-order valence-electron chi connectivity index (χ0n) is 11.8. The predicted molar refractivity (Wildman–Crippen MR) is 73.3 cm³/mol. The van der Waals surface area contributed by atoms with Gasteiger partial charge in [-0.2, -0.15) is 0 Å². The monoisotopic (exact) mass is 239 g/mol. The molecule has 2 fully saturated rings. The van der Waals surface area contributed by atoms with Gasteiger partial charge in [0.25, 0.3) is 0 Å². The van der Waals surface area contributed by atoms with E-state index in [0.717, 1.165) is 17.9 Å². The van der Waals surface area contributed by atoms with Crippen LogP contribution in [0, 0.1) is 11.8 Å². The average Bonchev–Trinajstić information content (AvgIpc) is 2.61. The van der Waals surface area contributed by atoms with Crippen molar-refractivity contribution in [2.24, 2.45) is 11.8 Å². The van der Waals surface area contributed by atoms with Crippen LogP contribution in [-0.2, 0) is 0 Å². The summed E-state index contributed by atoms with van der Waals surface area (Å²) in [6, 6.07) is 0.816. The van der Waals surface area contributed by atoms with E-state index in [0.29, 0.717) is 0 Å². The summed E-state index contributed by atoms with van der Waals surface area (Å²) >= 11 is 0. The molecule has 3 nitrogen and oxygen atoms in total. The molecular formula is C14H29N3. The van der Waals surface area contributed by atoms with Crippen LogP contribution in [0.25, 0.3) is 0 Å². The Labute approximate surface area is 107 Å². The van der Waals surface area contributed by atoms with Crippen LogP contribution in [0.5, 0.6) is 0 Å². The Morgan fingerprint density at radius 1 is 1.41 bits per heavy atom. The first-order valence-corrected chi connectivity index (χ1v) is 7.34. The average molecular weight is 239 g/mol. The normalized spacial score (nSPS) is 28.6. The molecule has 0 aromatic carbocycles. The van der Waals surface area contributed by atoms with Crippen LogP contribution in [0.4, 0.5) is 0 Å². The highest BCUT2D eigenvalue weighted by Crippen LogP contribution is 2.20. The maximum absolute atomic E-state index is 3.38. The van der Waals surface area contributed by atoms with Crippen LogP contribution in [0.1, 0.15) is 26.7 Å². The number of hydrogen-bond donors (Lipinski definition) is 1. The van der Waals surface area contributed by atoms with Crippen LogP contribution in [0.3, 0.4) is 0 Å². The van der Waals surface area contributed by atoms with Gasteiger partial charge in [-0.3, -0.25) is 4.90 Å². The molecule has 0 aromatic rings. The van der Waals surface area contributed by atoms with Crippen LogP contribution in [-0.4, -0.2) is 62.2 Å². The van der Waals surface area contributed by atoms with Gasteiger partial charge in [-0.15, -0.1) is 0 Å². The van der Waals surface area contributed by atoms with Gasteiger partial charge < -0.3 is 10.2 Å². The van der Waals surface area contributed by atoms with Gasteiger partial charge in [0.05, 0.1) is 0 Å². The molecule has 0 radical (unpaired) electrons. The second kappa shape index (κ2) is 6.17. The van der Waals surface area contributed by atoms with Gasteiger partial charge in [-0.1, -0.05) is 13.8 Å². The van der Waals surface area contributed by atoms with E-state index in [1.807, 2.05) is 0 Å². The fourth-order valence-corrected chi connectivity index (χ4v) is 3.31. The van der Waals surface area contributed by atoms with Crippen molar-refractivity contribution >= 4 is 0 Å². The van der Waals surface area contributed by atoms with Crippen molar-refractivity contribution in [2.75, 3.05) is 46.3 Å². The Bertz CT molecular complexity index is 228. The summed E-state index contributed by atoms with van der Waals surface area (Å²) in [4.78, 5) is 5.20. The minimum atomic E-state index is 0.816. The maximum Gasteiger partial charge on any atom is 0.0223 e. The molecule has 0 bridgehead atoms. The molecule has 1 N–H and O–H groups in total. The minimum Gasteiger partial charge on any atom is -0.316 e. The summed E-state index contributed by atoms with van der Waals surface area (Å²) < 4.78 is 0. The molecule has 0 aliphatic carbocycles. The minimum absolute atomic E-state index is 0.816. The first kappa shape index (κ1) is 13.3. The summed E-state index contributed by atoms with van der Waals surface area (Å²) in [6.07, 6.45) is 2.80. The first-order valence-electron chi connectivity index (χ1n) is 7.34. The summed E-state index contributed by atoms with van der Waals surface area (Å²) in [5, 5.41) is 3.38. The van der Waals surface area contributed by atoms with Crippen molar-refractivity contribution in [2.45, 2.75) is 32.7 Å². The van der Waals surface area contributed by atoms with E-state index in [1.165, 1.54) is 52.1 Å². The molecule has 2 unspecified atom stereocenters. The SMILES string of the molecule is CCN1CCCC1CN(C)CC(C)C1CNC1. The van der Waals surface area contributed by atoms with Gasteiger partial charge in [-0.25, -0.2) is 0 Å². The molecule has 2 heterocycles. The summed E-state index contributed by atoms with van der Waals surface area (Å²) in [5.74, 6) is 1.76. The number of hydrogen-bond acceptors (Lipinski definition) is 3. The lowest BCUT2D eigenvalue weighted by Gasteiger charge is -2.36. The predicted octanol–water partition coefficient (Wildman–Crippen LogP) is 1.26. The van der Waals surface area contributed by atoms with E-state index < -0.39 is 0 Å². The number of likely N-dealkylation sites (tertiary alicyclic amines) is 1. The van der Waals surface area contributed by atoms with E-state index in [1.54, 1.807) is 0 Å². The van der Waals surface area contributed by atoms with Crippen molar-refractivity contribution in [3.63, 3.8) is 0 Å². The highest BCUT2D eigenvalue weighted by Gasteiger charge is 2.27. The molecule has 3 heteroatoms. The van der Waals surface area contributed by atoms with Gasteiger partial charge in [0.2, 0.25) is 0 Å². The van der Waals surface area contributed by atoms with Crippen molar-refractivity contribution in [3.8, 4) is 0 Å². The number of likely N-dealkylation sites (N-methyl/N-ethyl adjacent to an activating group) is 2. The van der Waals surface area contributed by atoms with E-state index in [9.17, 15) is 0 Å².